The molecule has 0 fully saturated rings. The Morgan fingerprint density at radius 1 is 1.07 bits per heavy atom. The normalized spacial score (nSPS) is 11.1. The molecule has 2 aromatic heterocycles. The molecular formula is C19H11F3N2O2S. The number of hydrogen-bond donors (Lipinski definition) is 0. The number of nitrogens with zero attached hydrogens (tertiary/aromatic N) is 2. The van der Waals surface area contributed by atoms with Gasteiger partial charge in [-0.1, -0.05) is 23.5 Å². The quantitative estimate of drug-likeness (QED) is 0.486. The van der Waals surface area contributed by atoms with Gasteiger partial charge in [0.15, 0.2) is 10.9 Å². The van der Waals surface area contributed by atoms with Crippen LogP contribution in [0.25, 0.3) is 10.2 Å². The van der Waals surface area contributed by atoms with Gasteiger partial charge in [0.2, 0.25) is 0 Å². The van der Waals surface area contributed by atoms with Gasteiger partial charge in [0, 0.05) is 6.07 Å². The zero-order chi connectivity index (χ0) is 19.0. The summed E-state index contributed by atoms with van der Waals surface area (Å²) in [5.41, 5.74) is -0.211. The Balaban J connectivity index is 1.82. The van der Waals surface area contributed by atoms with E-state index < -0.39 is 23.4 Å². The maximum absolute atomic E-state index is 14.1. The van der Waals surface area contributed by atoms with Crippen LogP contribution >= 0.6 is 11.3 Å². The molecule has 4 aromatic rings. The lowest BCUT2D eigenvalue weighted by Crippen LogP contribution is -2.30. The van der Waals surface area contributed by atoms with E-state index in [-0.39, 0.29) is 27.5 Å². The molecule has 0 radical (unpaired) electrons. The fraction of sp³-hybridized carbons (Fsp3) is 0.0526. The maximum atomic E-state index is 14.1. The number of amides is 1. The second-order valence-electron chi connectivity index (χ2n) is 5.68. The summed E-state index contributed by atoms with van der Waals surface area (Å²) in [7, 11) is 0. The SMILES string of the molecule is O=C(c1ccccc1F)N(Cc1ccco1)c1nc2c(F)cc(F)cc2s1. The Hall–Kier alpha value is -3.13. The van der Waals surface area contributed by atoms with E-state index in [0.29, 0.717) is 5.76 Å². The van der Waals surface area contributed by atoms with Crippen LogP contribution in [0.15, 0.2) is 59.2 Å². The molecule has 2 heterocycles. The molecule has 0 unspecified atom stereocenters. The first-order chi connectivity index (χ1) is 13.0. The monoisotopic (exact) mass is 388 g/mol. The third-order valence-electron chi connectivity index (χ3n) is 3.88. The lowest BCUT2D eigenvalue weighted by molar-refractivity contribution is 0.0979. The molecule has 0 bridgehead atoms. The van der Waals surface area contributed by atoms with Crippen LogP contribution in [0.4, 0.5) is 18.3 Å². The molecule has 4 rings (SSSR count). The van der Waals surface area contributed by atoms with Crippen LogP contribution in [-0.4, -0.2) is 10.9 Å². The van der Waals surface area contributed by atoms with E-state index in [9.17, 15) is 18.0 Å². The van der Waals surface area contributed by atoms with Gasteiger partial charge >= 0.3 is 0 Å². The topological polar surface area (TPSA) is 46.3 Å². The first-order valence-electron chi connectivity index (χ1n) is 7.87. The summed E-state index contributed by atoms with van der Waals surface area (Å²) >= 11 is 0.934. The molecule has 2 aromatic carbocycles. The van der Waals surface area contributed by atoms with Crippen molar-refractivity contribution in [3.05, 3.63) is 83.6 Å². The van der Waals surface area contributed by atoms with E-state index in [2.05, 4.69) is 4.98 Å². The molecule has 0 N–H and O–H groups in total. The van der Waals surface area contributed by atoms with Gasteiger partial charge in [-0.3, -0.25) is 9.69 Å². The number of thiazole rings is 1. The fourth-order valence-corrected chi connectivity index (χ4v) is 3.63. The highest BCUT2D eigenvalue weighted by Crippen LogP contribution is 2.33. The third-order valence-corrected chi connectivity index (χ3v) is 4.90. The number of halogens is 3. The van der Waals surface area contributed by atoms with Gasteiger partial charge in [-0.15, -0.1) is 0 Å². The Kier molecular flexibility index (Phi) is 4.41. The summed E-state index contributed by atoms with van der Waals surface area (Å²) < 4.78 is 47.1. The highest BCUT2D eigenvalue weighted by molar-refractivity contribution is 7.22. The van der Waals surface area contributed by atoms with E-state index in [1.165, 1.54) is 35.4 Å². The van der Waals surface area contributed by atoms with E-state index in [0.717, 1.165) is 23.5 Å². The summed E-state index contributed by atoms with van der Waals surface area (Å²) in [5.74, 6) is -2.49. The molecule has 8 heteroatoms. The van der Waals surface area contributed by atoms with E-state index in [4.69, 9.17) is 4.42 Å². The van der Waals surface area contributed by atoms with Gasteiger partial charge in [0.25, 0.3) is 5.91 Å². The Labute approximate surface area is 155 Å². The molecule has 0 saturated carbocycles. The number of hydrogen-bond acceptors (Lipinski definition) is 4. The first-order valence-corrected chi connectivity index (χ1v) is 8.69. The fourth-order valence-electron chi connectivity index (χ4n) is 2.63. The van der Waals surface area contributed by atoms with Crippen molar-refractivity contribution in [2.24, 2.45) is 0 Å². The molecule has 0 aliphatic heterocycles. The van der Waals surface area contributed by atoms with Gasteiger partial charge < -0.3 is 4.42 Å². The highest BCUT2D eigenvalue weighted by atomic mass is 32.1. The second kappa shape index (κ2) is 6.88. The zero-order valence-electron chi connectivity index (χ0n) is 13.7. The van der Waals surface area contributed by atoms with Crippen molar-refractivity contribution in [2.45, 2.75) is 6.54 Å². The van der Waals surface area contributed by atoms with Crippen molar-refractivity contribution in [1.29, 1.82) is 0 Å². The van der Waals surface area contributed by atoms with Crippen molar-refractivity contribution in [1.82, 2.24) is 4.98 Å². The summed E-state index contributed by atoms with van der Waals surface area (Å²) in [6.07, 6.45) is 1.44. The minimum atomic E-state index is -0.830. The van der Waals surface area contributed by atoms with Crippen LogP contribution in [0.1, 0.15) is 16.1 Å². The third kappa shape index (κ3) is 3.31. The van der Waals surface area contributed by atoms with E-state index >= 15 is 0 Å². The number of benzene rings is 2. The molecule has 0 saturated heterocycles. The maximum Gasteiger partial charge on any atom is 0.263 e. The predicted molar refractivity (Wildman–Crippen MR) is 95.2 cm³/mol. The minimum Gasteiger partial charge on any atom is -0.467 e. The van der Waals surface area contributed by atoms with Crippen molar-refractivity contribution in [3.63, 3.8) is 0 Å². The van der Waals surface area contributed by atoms with Crippen LogP contribution in [0.2, 0.25) is 0 Å². The molecule has 4 nitrogen and oxygen atoms in total. The van der Waals surface area contributed by atoms with Gasteiger partial charge in [0.05, 0.1) is 23.1 Å². The zero-order valence-corrected chi connectivity index (χ0v) is 14.5. The molecule has 0 atom stereocenters. The van der Waals surface area contributed by atoms with Crippen molar-refractivity contribution < 1.29 is 22.4 Å². The summed E-state index contributed by atoms with van der Waals surface area (Å²) in [4.78, 5) is 18.3. The Bertz CT molecular complexity index is 1130. The smallest absolute Gasteiger partial charge is 0.263 e. The number of aromatic nitrogens is 1. The number of anilines is 1. The lowest BCUT2D eigenvalue weighted by Gasteiger charge is -2.19. The number of carbonyl (C=O) groups excluding carboxylic acids is 1. The predicted octanol–water partition coefficient (Wildman–Crippen LogP) is 5.15. The standard InChI is InChI=1S/C19H11F3N2O2S/c20-11-8-15(22)17-16(9-11)27-19(23-17)24(10-12-4-3-7-26-12)18(25)13-5-1-2-6-14(13)21/h1-9H,10H2. The van der Waals surface area contributed by atoms with Crippen molar-refractivity contribution >= 4 is 32.6 Å². The average molecular weight is 388 g/mol. The summed E-state index contributed by atoms with van der Waals surface area (Å²) in [6.45, 7) is -0.0376. The Morgan fingerprint density at radius 3 is 2.63 bits per heavy atom. The van der Waals surface area contributed by atoms with Crippen LogP contribution < -0.4 is 4.90 Å². The van der Waals surface area contributed by atoms with Crippen LogP contribution in [0.5, 0.6) is 0 Å². The number of fused-ring (bicyclic) bond motifs is 1. The van der Waals surface area contributed by atoms with Crippen molar-refractivity contribution in [3.8, 4) is 0 Å². The largest absolute Gasteiger partial charge is 0.467 e. The van der Waals surface area contributed by atoms with Gasteiger partial charge in [0.1, 0.15) is 22.9 Å². The summed E-state index contributed by atoms with van der Waals surface area (Å²) in [5, 5.41) is 0.110. The lowest BCUT2D eigenvalue weighted by atomic mass is 10.2. The first kappa shape index (κ1) is 17.3. The number of carbonyl (C=O) groups is 1. The minimum absolute atomic E-state index is 0.0376. The van der Waals surface area contributed by atoms with Crippen molar-refractivity contribution in [2.75, 3.05) is 4.90 Å². The molecule has 136 valence electrons. The molecular weight excluding hydrogens is 377 g/mol. The number of furan rings is 1. The van der Waals surface area contributed by atoms with Gasteiger partial charge in [-0.05, 0) is 30.3 Å². The van der Waals surface area contributed by atoms with Crippen LogP contribution in [-0.2, 0) is 6.54 Å². The molecule has 0 aliphatic carbocycles. The van der Waals surface area contributed by atoms with Gasteiger partial charge in [-0.25, -0.2) is 18.2 Å². The number of rotatable bonds is 4. The molecule has 27 heavy (non-hydrogen) atoms. The van der Waals surface area contributed by atoms with Gasteiger partial charge in [-0.2, -0.15) is 0 Å². The molecule has 0 aliphatic rings. The highest BCUT2D eigenvalue weighted by Gasteiger charge is 2.25. The summed E-state index contributed by atoms with van der Waals surface area (Å²) in [6, 6.07) is 10.7. The molecule has 0 spiro atoms. The Morgan fingerprint density at radius 2 is 1.89 bits per heavy atom. The average Bonchev–Trinajstić information content (AvgIpc) is 3.29. The van der Waals surface area contributed by atoms with Crippen LogP contribution in [0.3, 0.4) is 0 Å². The van der Waals surface area contributed by atoms with E-state index in [1.54, 1.807) is 12.1 Å². The van der Waals surface area contributed by atoms with E-state index in [1.807, 2.05) is 0 Å². The second-order valence-corrected chi connectivity index (χ2v) is 6.69. The molecule has 1 amide bonds. The van der Waals surface area contributed by atoms with Crippen LogP contribution in [0, 0.1) is 17.5 Å².